The lowest BCUT2D eigenvalue weighted by Crippen LogP contribution is -2.11. The van der Waals surface area contributed by atoms with Crippen molar-refractivity contribution in [3.63, 3.8) is 0 Å². The third-order valence-electron chi connectivity index (χ3n) is 2.17. The Labute approximate surface area is 96.6 Å². The molecular formula is C13H18N2O. The summed E-state index contributed by atoms with van der Waals surface area (Å²) in [6.45, 7) is 4.39. The fourth-order valence-electron chi connectivity index (χ4n) is 1.42. The van der Waals surface area contributed by atoms with Crippen LogP contribution in [0.5, 0.6) is 0 Å². The second-order valence-electron chi connectivity index (χ2n) is 3.61. The van der Waals surface area contributed by atoms with Gasteiger partial charge >= 0.3 is 0 Å². The van der Waals surface area contributed by atoms with Crippen LogP contribution in [0.15, 0.2) is 36.9 Å². The van der Waals surface area contributed by atoms with Crippen LogP contribution in [0.4, 0.5) is 5.69 Å². The minimum atomic E-state index is 0.0292. The molecule has 0 unspecified atom stereocenters. The second kappa shape index (κ2) is 6.80. The molecule has 0 aliphatic heterocycles. The highest BCUT2D eigenvalue weighted by Crippen LogP contribution is 2.11. The molecule has 0 fully saturated rings. The molecular weight excluding hydrogens is 200 g/mol. The Kier molecular flexibility index (Phi) is 5.29. The number of carbonyl (C=O) groups excluding carboxylic acids is 1. The van der Waals surface area contributed by atoms with Gasteiger partial charge in [0, 0.05) is 18.7 Å². The smallest absolute Gasteiger partial charge is 0.224 e. The maximum atomic E-state index is 11.5. The van der Waals surface area contributed by atoms with Crippen LogP contribution in [0, 0.1) is 0 Å². The van der Waals surface area contributed by atoms with Crippen molar-refractivity contribution in [2.45, 2.75) is 19.4 Å². The molecule has 3 nitrogen and oxygen atoms in total. The highest BCUT2D eigenvalue weighted by atomic mass is 16.1. The number of hydrogen-bond acceptors (Lipinski definition) is 2. The van der Waals surface area contributed by atoms with Gasteiger partial charge in [0.05, 0.1) is 0 Å². The Morgan fingerprint density at radius 2 is 2.31 bits per heavy atom. The summed E-state index contributed by atoms with van der Waals surface area (Å²) in [5.41, 5.74) is 2.01. The molecule has 2 N–H and O–H groups in total. The number of amides is 1. The number of allylic oxidation sites excluding steroid dienone is 1. The summed E-state index contributed by atoms with van der Waals surface area (Å²) in [5.74, 6) is 0.0292. The van der Waals surface area contributed by atoms with Gasteiger partial charge in [-0.2, -0.15) is 0 Å². The highest BCUT2D eigenvalue weighted by molar-refractivity contribution is 5.90. The topological polar surface area (TPSA) is 41.1 Å². The predicted molar refractivity (Wildman–Crippen MR) is 67.3 cm³/mol. The van der Waals surface area contributed by atoms with Crippen LogP contribution in [-0.2, 0) is 11.3 Å². The lowest BCUT2D eigenvalue weighted by molar-refractivity contribution is -0.116. The maximum absolute atomic E-state index is 11.5. The van der Waals surface area contributed by atoms with Crippen molar-refractivity contribution in [1.29, 1.82) is 0 Å². The van der Waals surface area contributed by atoms with Gasteiger partial charge in [-0.15, -0.1) is 6.58 Å². The molecule has 0 aliphatic carbocycles. The van der Waals surface area contributed by atoms with Gasteiger partial charge < -0.3 is 10.6 Å². The predicted octanol–water partition coefficient (Wildman–Crippen LogP) is 2.31. The third kappa shape index (κ3) is 4.28. The van der Waals surface area contributed by atoms with E-state index < -0.39 is 0 Å². The summed E-state index contributed by atoms with van der Waals surface area (Å²) in [6, 6.07) is 7.83. The van der Waals surface area contributed by atoms with Gasteiger partial charge in [0.15, 0.2) is 0 Å². The average molecular weight is 218 g/mol. The first-order chi connectivity index (χ1) is 7.76. The van der Waals surface area contributed by atoms with E-state index in [0.29, 0.717) is 12.8 Å². The van der Waals surface area contributed by atoms with Gasteiger partial charge in [0.1, 0.15) is 0 Å². The Balaban J connectivity index is 2.55. The van der Waals surface area contributed by atoms with Crippen LogP contribution in [0.25, 0.3) is 0 Å². The number of carbonyl (C=O) groups is 1. The van der Waals surface area contributed by atoms with Crippen molar-refractivity contribution in [2.24, 2.45) is 0 Å². The molecule has 0 bridgehead atoms. The number of rotatable bonds is 6. The minimum absolute atomic E-state index is 0.0292. The SMILES string of the molecule is C=CCCC(=O)Nc1cccc(CNC)c1. The summed E-state index contributed by atoms with van der Waals surface area (Å²) in [7, 11) is 1.90. The van der Waals surface area contributed by atoms with Crippen LogP contribution < -0.4 is 10.6 Å². The first-order valence-corrected chi connectivity index (χ1v) is 5.40. The maximum Gasteiger partial charge on any atom is 0.224 e. The molecule has 0 spiro atoms. The highest BCUT2D eigenvalue weighted by Gasteiger charge is 2.01. The van der Waals surface area contributed by atoms with Gasteiger partial charge in [0.25, 0.3) is 0 Å². The Hall–Kier alpha value is -1.61. The van der Waals surface area contributed by atoms with Crippen LogP contribution in [-0.4, -0.2) is 13.0 Å². The van der Waals surface area contributed by atoms with Gasteiger partial charge in [-0.3, -0.25) is 4.79 Å². The zero-order valence-electron chi connectivity index (χ0n) is 9.62. The Morgan fingerprint density at radius 1 is 1.50 bits per heavy atom. The largest absolute Gasteiger partial charge is 0.326 e. The number of nitrogens with one attached hydrogen (secondary N) is 2. The standard InChI is InChI=1S/C13H18N2O/c1-3-4-8-13(16)15-12-7-5-6-11(9-12)10-14-2/h3,5-7,9,14H,1,4,8,10H2,2H3,(H,15,16). The molecule has 1 aromatic rings. The van der Waals surface area contributed by atoms with E-state index in [1.54, 1.807) is 6.08 Å². The molecule has 0 radical (unpaired) electrons. The van der Waals surface area contributed by atoms with Crippen molar-refractivity contribution in [2.75, 3.05) is 12.4 Å². The van der Waals surface area contributed by atoms with Crippen LogP contribution in [0.2, 0.25) is 0 Å². The third-order valence-corrected chi connectivity index (χ3v) is 2.17. The van der Waals surface area contributed by atoms with E-state index in [4.69, 9.17) is 0 Å². The molecule has 0 saturated carbocycles. The van der Waals surface area contributed by atoms with E-state index in [1.165, 1.54) is 0 Å². The molecule has 0 aromatic heterocycles. The Morgan fingerprint density at radius 3 is 3.00 bits per heavy atom. The van der Waals surface area contributed by atoms with E-state index in [2.05, 4.69) is 17.2 Å². The number of benzene rings is 1. The zero-order valence-corrected chi connectivity index (χ0v) is 9.62. The average Bonchev–Trinajstić information content (AvgIpc) is 2.27. The number of hydrogen-bond donors (Lipinski definition) is 2. The molecule has 0 saturated heterocycles. The van der Waals surface area contributed by atoms with E-state index in [9.17, 15) is 4.79 Å². The molecule has 86 valence electrons. The lowest BCUT2D eigenvalue weighted by atomic mass is 10.2. The number of anilines is 1. The van der Waals surface area contributed by atoms with Crippen molar-refractivity contribution in [1.82, 2.24) is 5.32 Å². The van der Waals surface area contributed by atoms with Gasteiger partial charge in [-0.25, -0.2) is 0 Å². The summed E-state index contributed by atoms with van der Waals surface area (Å²) in [5, 5.41) is 5.93. The van der Waals surface area contributed by atoms with Crippen LogP contribution in [0.1, 0.15) is 18.4 Å². The van der Waals surface area contributed by atoms with E-state index in [0.717, 1.165) is 17.8 Å². The van der Waals surface area contributed by atoms with Crippen molar-refractivity contribution in [3.8, 4) is 0 Å². The van der Waals surface area contributed by atoms with Crippen molar-refractivity contribution < 1.29 is 4.79 Å². The monoisotopic (exact) mass is 218 g/mol. The van der Waals surface area contributed by atoms with E-state index in [-0.39, 0.29) is 5.91 Å². The quantitative estimate of drug-likeness (QED) is 0.719. The first-order valence-electron chi connectivity index (χ1n) is 5.40. The summed E-state index contributed by atoms with van der Waals surface area (Å²) >= 11 is 0. The summed E-state index contributed by atoms with van der Waals surface area (Å²) < 4.78 is 0. The summed E-state index contributed by atoms with van der Waals surface area (Å²) in [6.07, 6.45) is 2.94. The zero-order chi connectivity index (χ0) is 11.8. The molecule has 16 heavy (non-hydrogen) atoms. The first kappa shape index (κ1) is 12.5. The normalized spacial score (nSPS) is 9.81. The minimum Gasteiger partial charge on any atom is -0.326 e. The van der Waals surface area contributed by atoms with Crippen molar-refractivity contribution >= 4 is 11.6 Å². The molecule has 0 atom stereocenters. The van der Waals surface area contributed by atoms with Gasteiger partial charge in [0.2, 0.25) is 5.91 Å². The van der Waals surface area contributed by atoms with Crippen LogP contribution >= 0.6 is 0 Å². The van der Waals surface area contributed by atoms with E-state index >= 15 is 0 Å². The van der Waals surface area contributed by atoms with Gasteiger partial charge in [-0.05, 0) is 31.2 Å². The fraction of sp³-hybridized carbons (Fsp3) is 0.308. The van der Waals surface area contributed by atoms with Crippen LogP contribution in [0.3, 0.4) is 0 Å². The molecule has 1 amide bonds. The molecule has 3 heteroatoms. The molecule has 0 heterocycles. The Bertz CT molecular complexity index is 361. The summed E-state index contributed by atoms with van der Waals surface area (Å²) in [4.78, 5) is 11.5. The van der Waals surface area contributed by atoms with Gasteiger partial charge in [-0.1, -0.05) is 18.2 Å². The molecule has 1 aromatic carbocycles. The second-order valence-corrected chi connectivity index (χ2v) is 3.61. The molecule has 0 aliphatic rings. The fourth-order valence-corrected chi connectivity index (χ4v) is 1.42. The lowest BCUT2D eigenvalue weighted by Gasteiger charge is -2.06. The molecule has 1 rings (SSSR count). The van der Waals surface area contributed by atoms with E-state index in [1.807, 2.05) is 31.3 Å². The van der Waals surface area contributed by atoms with Crippen molar-refractivity contribution in [3.05, 3.63) is 42.5 Å².